The summed E-state index contributed by atoms with van der Waals surface area (Å²) < 4.78 is 5.38. The van der Waals surface area contributed by atoms with Crippen molar-refractivity contribution in [3.05, 3.63) is 0 Å². The first-order valence-electron chi connectivity index (χ1n) is 5.31. The van der Waals surface area contributed by atoms with Crippen molar-refractivity contribution < 1.29 is 9.53 Å². The lowest BCUT2D eigenvalue weighted by Crippen LogP contribution is -2.55. The smallest absolute Gasteiger partial charge is 0.223 e. The molecular formula is C11H21NO2. The monoisotopic (exact) mass is 199 g/mol. The van der Waals surface area contributed by atoms with Gasteiger partial charge >= 0.3 is 0 Å². The topological polar surface area (TPSA) is 29.5 Å². The van der Waals surface area contributed by atoms with Gasteiger partial charge in [0.1, 0.15) is 0 Å². The molecule has 14 heavy (non-hydrogen) atoms. The third kappa shape index (κ3) is 2.71. The molecule has 0 bridgehead atoms. The number of rotatable bonds is 2. The van der Waals surface area contributed by atoms with E-state index in [2.05, 4.69) is 27.7 Å². The number of hydrogen-bond donors (Lipinski definition) is 0. The normalized spacial score (nSPS) is 21.4. The van der Waals surface area contributed by atoms with Crippen LogP contribution in [0, 0.1) is 5.92 Å². The Morgan fingerprint density at radius 3 is 2.64 bits per heavy atom. The Kier molecular flexibility index (Phi) is 3.53. The zero-order valence-corrected chi connectivity index (χ0v) is 9.67. The summed E-state index contributed by atoms with van der Waals surface area (Å²) in [7, 11) is 0. The standard InChI is InChI=1S/C11H21NO2/c1-9(2)7-10(13)12-5-6-14-8-11(12,3)4/h9H,5-8H2,1-4H3. The highest BCUT2D eigenvalue weighted by Gasteiger charge is 2.33. The van der Waals surface area contributed by atoms with Gasteiger partial charge in [0.2, 0.25) is 5.91 Å². The van der Waals surface area contributed by atoms with E-state index in [1.807, 2.05) is 4.90 Å². The fourth-order valence-corrected chi connectivity index (χ4v) is 1.78. The third-order valence-corrected chi connectivity index (χ3v) is 2.53. The number of amides is 1. The van der Waals surface area contributed by atoms with Gasteiger partial charge in [0.05, 0.1) is 18.8 Å². The first kappa shape index (κ1) is 11.5. The molecule has 1 saturated heterocycles. The average Bonchev–Trinajstić information content (AvgIpc) is 2.01. The van der Waals surface area contributed by atoms with Gasteiger partial charge in [-0.25, -0.2) is 0 Å². The highest BCUT2D eigenvalue weighted by molar-refractivity contribution is 5.77. The second kappa shape index (κ2) is 4.30. The molecular weight excluding hydrogens is 178 g/mol. The van der Waals surface area contributed by atoms with Gasteiger partial charge in [-0.3, -0.25) is 4.79 Å². The molecule has 1 rings (SSSR count). The number of nitrogens with zero attached hydrogens (tertiary/aromatic N) is 1. The Morgan fingerprint density at radius 2 is 2.14 bits per heavy atom. The van der Waals surface area contributed by atoms with Crippen molar-refractivity contribution in [3.63, 3.8) is 0 Å². The fraction of sp³-hybridized carbons (Fsp3) is 0.909. The van der Waals surface area contributed by atoms with Crippen LogP contribution in [0.25, 0.3) is 0 Å². The zero-order valence-electron chi connectivity index (χ0n) is 9.67. The van der Waals surface area contributed by atoms with Gasteiger partial charge in [-0.2, -0.15) is 0 Å². The lowest BCUT2D eigenvalue weighted by molar-refractivity contribution is -0.147. The molecule has 1 aliphatic rings. The molecule has 0 aromatic rings. The number of carbonyl (C=O) groups is 1. The Hall–Kier alpha value is -0.570. The highest BCUT2D eigenvalue weighted by atomic mass is 16.5. The lowest BCUT2D eigenvalue weighted by Gasteiger charge is -2.42. The van der Waals surface area contributed by atoms with Crippen LogP contribution < -0.4 is 0 Å². The molecule has 0 atom stereocenters. The Morgan fingerprint density at radius 1 is 1.50 bits per heavy atom. The van der Waals surface area contributed by atoms with Crippen LogP contribution in [0.3, 0.4) is 0 Å². The van der Waals surface area contributed by atoms with Crippen molar-refractivity contribution in [1.29, 1.82) is 0 Å². The number of carbonyl (C=O) groups excluding carboxylic acids is 1. The lowest BCUT2D eigenvalue weighted by atomic mass is 10.0. The predicted octanol–water partition coefficient (Wildman–Crippen LogP) is 1.67. The molecule has 1 aliphatic heterocycles. The molecule has 3 heteroatoms. The second-order valence-corrected chi connectivity index (χ2v) is 5.01. The summed E-state index contributed by atoms with van der Waals surface area (Å²) in [6.07, 6.45) is 0.642. The molecule has 1 fully saturated rings. The molecule has 1 amide bonds. The fourth-order valence-electron chi connectivity index (χ4n) is 1.78. The third-order valence-electron chi connectivity index (χ3n) is 2.53. The van der Waals surface area contributed by atoms with Gasteiger partial charge in [-0.05, 0) is 19.8 Å². The molecule has 0 aromatic carbocycles. The van der Waals surface area contributed by atoms with E-state index in [1.165, 1.54) is 0 Å². The van der Waals surface area contributed by atoms with Crippen molar-refractivity contribution >= 4 is 5.91 Å². The molecule has 0 saturated carbocycles. The number of ether oxygens (including phenoxy) is 1. The molecule has 82 valence electrons. The summed E-state index contributed by atoms with van der Waals surface area (Å²) in [5.41, 5.74) is -0.135. The summed E-state index contributed by atoms with van der Waals surface area (Å²) in [5, 5.41) is 0. The van der Waals surface area contributed by atoms with Crippen LogP contribution in [-0.4, -0.2) is 36.1 Å². The van der Waals surface area contributed by atoms with Gasteiger partial charge in [0, 0.05) is 13.0 Å². The Balaban J connectivity index is 2.60. The molecule has 0 N–H and O–H groups in total. The van der Waals surface area contributed by atoms with Crippen molar-refractivity contribution in [2.75, 3.05) is 19.8 Å². The first-order valence-corrected chi connectivity index (χ1v) is 5.31. The maximum Gasteiger partial charge on any atom is 0.223 e. The van der Waals surface area contributed by atoms with E-state index in [4.69, 9.17) is 4.74 Å². The van der Waals surface area contributed by atoms with Crippen LogP contribution in [0.4, 0.5) is 0 Å². The Labute approximate surface area is 86.4 Å². The maximum atomic E-state index is 11.9. The van der Waals surface area contributed by atoms with E-state index in [1.54, 1.807) is 0 Å². The van der Waals surface area contributed by atoms with Crippen LogP contribution in [0.1, 0.15) is 34.1 Å². The second-order valence-electron chi connectivity index (χ2n) is 5.01. The maximum absolute atomic E-state index is 11.9. The summed E-state index contributed by atoms with van der Waals surface area (Å²) >= 11 is 0. The van der Waals surface area contributed by atoms with Crippen molar-refractivity contribution in [2.45, 2.75) is 39.7 Å². The quantitative estimate of drug-likeness (QED) is 0.677. The SMILES string of the molecule is CC(C)CC(=O)N1CCOCC1(C)C. The molecule has 0 aromatic heterocycles. The molecule has 0 spiro atoms. The molecule has 0 radical (unpaired) electrons. The summed E-state index contributed by atoms with van der Waals surface area (Å²) in [6, 6.07) is 0. The first-order chi connectivity index (χ1) is 6.43. The minimum atomic E-state index is -0.135. The van der Waals surface area contributed by atoms with Crippen molar-refractivity contribution in [3.8, 4) is 0 Å². The van der Waals surface area contributed by atoms with E-state index >= 15 is 0 Å². The van der Waals surface area contributed by atoms with Gasteiger partial charge in [-0.1, -0.05) is 13.8 Å². The van der Waals surface area contributed by atoms with Gasteiger partial charge in [0.25, 0.3) is 0 Å². The van der Waals surface area contributed by atoms with Crippen molar-refractivity contribution in [1.82, 2.24) is 4.90 Å². The van der Waals surface area contributed by atoms with Gasteiger partial charge < -0.3 is 9.64 Å². The van der Waals surface area contributed by atoms with Crippen LogP contribution in [0.15, 0.2) is 0 Å². The van der Waals surface area contributed by atoms with E-state index in [0.717, 1.165) is 6.54 Å². The average molecular weight is 199 g/mol. The van der Waals surface area contributed by atoms with Crippen LogP contribution in [-0.2, 0) is 9.53 Å². The number of morpholine rings is 1. The highest BCUT2D eigenvalue weighted by Crippen LogP contribution is 2.20. The van der Waals surface area contributed by atoms with Gasteiger partial charge in [-0.15, -0.1) is 0 Å². The minimum Gasteiger partial charge on any atom is -0.377 e. The largest absolute Gasteiger partial charge is 0.377 e. The zero-order chi connectivity index (χ0) is 10.8. The summed E-state index contributed by atoms with van der Waals surface area (Å²) in [5.74, 6) is 0.689. The van der Waals surface area contributed by atoms with Crippen molar-refractivity contribution in [2.24, 2.45) is 5.92 Å². The van der Waals surface area contributed by atoms with Gasteiger partial charge in [0.15, 0.2) is 0 Å². The molecule has 1 heterocycles. The predicted molar refractivity (Wildman–Crippen MR) is 56.1 cm³/mol. The molecule has 0 unspecified atom stereocenters. The van der Waals surface area contributed by atoms with Crippen LogP contribution >= 0.6 is 0 Å². The molecule has 0 aliphatic carbocycles. The minimum absolute atomic E-state index is 0.135. The van der Waals surface area contributed by atoms with E-state index in [9.17, 15) is 4.79 Å². The van der Waals surface area contributed by atoms with E-state index in [-0.39, 0.29) is 11.4 Å². The number of hydrogen-bond acceptors (Lipinski definition) is 2. The summed E-state index contributed by atoms with van der Waals surface area (Å²) in [6.45, 7) is 10.3. The van der Waals surface area contributed by atoms with Crippen LogP contribution in [0.5, 0.6) is 0 Å². The van der Waals surface area contributed by atoms with Crippen LogP contribution in [0.2, 0.25) is 0 Å². The Bertz CT molecular complexity index is 211. The van der Waals surface area contributed by atoms with E-state index < -0.39 is 0 Å². The summed E-state index contributed by atoms with van der Waals surface area (Å²) in [4.78, 5) is 13.8. The molecule has 3 nitrogen and oxygen atoms in total. The van der Waals surface area contributed by atoms with E-state index in [0.29, 0.717) is 25.6 Å².